The fraction of sp³-hybridized carbons (Fsp3) is 0.278. The van der Waals surface area contributed by atoms with Gasteiger partial charge >= 0.3 is 5.97 Å². The highest BCUT2D eigenvalue weighted by Gasteiger charge is 2.38. The zero-order valence-corrected chi connectivity index (χ0v) is 12.0. The van der Waals surface area contributed by atoms with Crippen LogP contribution in [-0.4, -0.2) is 17.6 Å². The molecule has 0 saturated heterocycles. The molecule has 2 aromatic rings. The van der Waals surface area contributed by atoms with E-state index in [0.29, 0.717) is 6.42 Å². The Morgan fingerprint density at radius 1 is 1.00 bits per heavy atom. The lowest BCUT2D eigenvalue weighted by atomic mass is 9.76. The second-order valence-corrected chi connectivity index (χ2v) is 5.30. The Kier molecular flexibility index (Phi) is 5.12. The van der Waals surface area contributed by atoms with Crippen LogP contribution in [-0.2, 0) is 16.6 Å². The van der Waals surface area contributed by atoms with Gasteiger partial charge in [-0.25, -0.2) is 0 Å². The average Bonchev–Trinajstić information content (AvgIpc) is 2.53. The van der Waals surface area contributed by atoms with Crippen LogP contribution in [0.3, 0.4) is 0 Å². The number of carboxylic acid groups (broad SMARTS) is 1. The van der Waals surface area contributed by atoms with Crippen LogP contribution < -0.4 is 5.73 Å². The largest absolute Gasteiger partial charge is 0.481 e. The third kappa shape index (κ3) is 3.50. The molecule has 110 valence electrons. The third-order valence-electron chi connectivity index (χ3n) is 4.00. The minimum Gasteiger partial charge on any atom is -0.481 e. The lowest BCUT2D eigenvalue weighted by molar-refractivity contribution is -0.143. The van der Waals surface area contributed by atoms with Crippen molar-refractivity contribution in [3.05, 3.63) is 71.8 Å². The first-order valence-corrected chi connectivity index (χ1v) is 7.22. The Morgan fingerprint density at radius 2 is 1.57 bits per heavy atom. The van der Waals surface area contributed by atoms with E-state index < -0.39 is 11.4 Å². The number of hydrogen-bond acceptors (Lipinski definition) is 2. The first-order valence-electron chi connectivity index (χ1n) is 7.22. The molecule has 0 heterocycles. The molecule has 0 saturated carbocycles. The number of aryl methyl sites for hydroxylation is 1. The SMILES string of the molecule is NCC(CCCc1ccccc1)(C(=O)O)c1ccccc1. The fourth-order valence-electron chi connectivity index (χ4n) is 2.68. The molecule has 0 fully saturated rings. The number of benzene rings is 2. The Hall–Kier alpha value is -2.13. The summed E-state index contributed by atoms with van der Waals surface area (Å²) in [5.41, 5.74) is 6.86. The van der Waals surface area contributed by atoms with Crippen LogP contribution >= 0.6 is 0 Å². The first-order chi connectivity index (χ1) is 10.2. The van der Waals surface area contributed by atoms with E-state index in [1.807, 2.05) is 48.5 Å². The first kappa shape index (κ1) is 15.3. The molecule has 3 nitrogen and oxygen atoms in total. The van der Waals surface area contributed by atoms with Crippen molar-refractivity contribution in [2.24, 2.45) is 5.73 Å². The quantitative estimate of drug-likeness (QED) is 0.821. The zero-order chi connectivity index (χ0) is 15.1. The van der Waals surface area contributed by atoms with Gasteiger partial charge in [0.25, 0.3) is 0 Å². The lowest BCUT2D eigenvalue weighted by Gasteiger charge is -2.28. The van der Waals surface area contributed by atoms with E-state index in [1.165, 1.54) is 5.56 Å². The van der Waals surface area contributed by atoms with E-state index in [9.17, 15) is 9.90 Å². The van der Waals surface area contributed by atoms with Crippen molar-refractivity contribution in [3.63, 3.8) is 0 Å². The molecule has 1 atom stereocenters. The van der Waals surface area contributed by atoms with Crippen LogP contribution in [0.25, 0.3) is 0 Å². The predicted molar refractivity (Wildman–Crippen MR) is 84.2 cm³/mol. The van der Waals surface area contributed by atoms with Gasteiger partial charge in [0.1, 0.15) is 5.41 Å². The number of rotatable bonds is 7. The van der Waals surface area contributed by atoms with E-state index in [0.717, 1.165) is 18.4 Å². The molecule has 0 aromatic heterocycles. The maximum Gasteiger partial charge on any atom is 0.315 e. The van der Waals surface area contributed by atoms with Gasteiger partial charge in [0.15, 0.2) is 0 Å². The Morgan fingerprint density at radius 3 is 2.10 bits per heavy atom. The topological polar surface area (TPSA) is 63.3 Å². The van der Waals surface area contributed by atoms with Crippen LogP contribution in [0.5, 0.6) is 0 Å². The molecule has 0 aliphatic carbocycles. The lowest BCUT2D eigenvalue weighted by Crippen LogP contribution is -2.43. The molecule has 3 heteroatoms. The summed E-state index contributed by atoms with van der Waals surface area (Å²) in [6, 6.07) is 19.4. The Bertz CT molecular complexity index is 568. The van der Waals surface area contributed by atoms with E-state index in [4.69, 9.17) is 5.73 Å². The number of aliphatic carboxylic acids is 1. The van der Waals surface area contributed by atoms with Crippen LogP contribution in [0.4, 0.5) is 0 Å². The Balaban J connectivity index is 2.12. The van der Waals surface area contributed by atoms with Crippen molar-refractivity contribution >= 4 is 5.97 Å². The summed E-state index contributed by atoms with van der Waals surface area (Å²) >= 11 is 0. The number of nitrogens with two attached hydrogens (primary N) is 1. The van der Waals surface area contributed by atoms with E-state index >= 15 is 0 Å². The van der Waals surface area contributed by atoms with Gasteiger partial charge < -0.3 is 10.8 Å². The molecule has 0 aliphatic rings. The van der Waals surface area contributed by atoms with Crippen molar-refractivity contribution < 1.29 is 9.90 Å². The standard InChI is InChI=1S/C18H21NO2/c19-14-18(17(20)21,16-11-5-2-6-12-16)13-7-10-15-8-3-1-4-9-15/h1-6,8-9,11-12H,7,10,13-14,19H2,(H,20,21). The van der Waals surface area contributed by atoms with Gasteiger partial charge in [0.05, 0.1) is 0 Å². The molecule has 3 N–H and O–H groups in total. The predicted octanol–water partition coefficient (Wildman–Crippen LogP) is 2.99. The van der Waals surface area contributed by atoms with Crippen molar-refractivity contribution in [1.29, 1.82) is 0 Å². The monoisotopic (exact) mass is 283 g/mol. The third-order valence-corrected chi connectivity index (χ3v) is 4.00. The number of hydrogen-bond donors (Lipinski definition) is 2. The highest BCUT2D eigenvalue weighted by Crippen LogP contribution is 2.29. The second-order valence-electron chi connectivity index (χ2n) is 5.30. The van der Waals surface area contributed by atoms with Crippen molar-refractivity contribution in [1.82, 2.24) is 0 Å². The van der Waals surface area contributed by atoms with E-state index in [1.54, 1.807) is 0 Å². The van der Waals surface area contributed by atoms with Gasteiger partial charge in [-0.1, -0.05) is 60.7 Å². The fourth-order valence-corrected chi connectivity index (χ4v) is 2.68. The molecular formula is C18H21NO2. The number of carbonyl (C=O) groups is 1. The van der Waals surface area contributed by atoms with Gasteiger partial charge in [-0.2, -0.15) is 0 Å². The van der Waals surface area contributed by atoms with Gasteiger partial charge in [0.2, 0.25) is 0 Å². The molecule has 0 bridgehead atoms. The second kappa shape index (κ2) is 7.04. The Labute approximate surface area is 125 Å². The molecule has 2 aromatic carbocycles. The minimum atomic E-state index is -0.990. The summed E-state index contributed by atoms with van der Waals surface area (Å²) in [4.78, 5) is 11.8. The van der Waals surface area contributed by atoms with Crippen molar-refractivity contribution in [2.75, 3.05) is 6.54 Å². The van der Waals surface area contributed by atoms with Crippen LogP contribution in [0.2, 0.25) is 0 Å². The summed E-state index contributed by atoms with van der Waals surface area (Å²) < 4.78 is 0. The zero-order valence-electron chi connectivity index (χ0n) is 12.0. The van der Waals surface area contributed by atoms with Crippen molar-refractivity contribution in [2.45, 2.75) is 24.7 Å². The maximum atomic E-state index is 11.8. The molecule has 1 unspecified atom stereocenters. The molecule has 0 radical (unpaired) electrons. The van der Waals surface area contributed by atoms with Crippen LogP contribution in [0, 0.1) is 0 Å². The van der Waals surface area contributed by atoms with Gasteiger partial charge in [-0.05, 0) is 30.4 Å². The van der Waals surface area contributed by atoms with E-state index in [2.05, 4.69) is 12.1 Å². The van der Waals surface area contributed by atoms with Gasteiger partial charge in [0, 0.05) is 6.54 Å². The van der Waals surface area contributed by atoms with E-state index in [-0.39, 0.29) is 6.54 Å². The van der Waals surface area contributed by atoms with Crippen molar-refractivity contribution in [3.8, 4) is 0 Å². The highest BCUT2D eigenvalue weighted by molar-refractivity contribution is 5.81. The summed E-state index contributed by atoms with van der Waals surface area (Å²) in [5.74, 6) is -0.843. The smallest absolute Gasteiger partial charge is 0.315 e. The number of carboxylic acids is 1. The highest BCUT2D eigenvalue weighted by atomic mass is 16.4. The summed E-state index contributed by atoms with van der Waals surface area (Å²) in [5, 5.41) is 9.69. The molecule has 0 spiro atoms. The molecular weight excluding hydrogens is 262 g/mol. The van der Waals surface area contributed by atoms with Gasteiger partial charge in [-0.3, -0.25) is 4.79 Å². The average molecular weight is 283 g/mol. The molecule has 2 rings (SSSR count). The van der Waals surface area contributed by atoms with Crippen LogP contribution in [0.15, 0.2) is 60.7 Å². The normalized spacial score (nSPS) is 13.6. The molecule has 0 aliphatic heterocycles. The van der Waals surface area contributed by atoms with Crippen LogP contribution in [0.1, 0.15) is 24.0 Å². The summed E-state index contributed by atoms with van der Waals surface area (Å²) in [6.45, 7) is 0.112. The summed E-state index contributed by atoms with van der Waals surface area (Å²) in [6.07, 6.45) is 2.20. The summed E-state index contributed by atoms with van der Waals surface area (Å²) in [7, 11) is 0. The molecule has 0 amide bonds. The maximum absolute atomic E-state index is 11.8. The molecule has 21 heavy (non-hydrogen) atoms. The minimum absolute atomic E-state index is 0.112. The van der Waals surface area contributed by atoms with Gasteiger partial charge in [-0.15, -0.1) is 0 Å².